The number of piperidine rings is 2. The lowest BCUT2D eigenvalue weighted by Gasteiger charge is -2.39. The molecular formula is C72H114N12O14S4. The molecule has 2 aliphatic heterocycles. The Morgan fingerprint density at radius 2 is 0.961 bits per heavy atom. The van der Waals surface area contributed by atoms with Gasteiger partial charge < -0.3 is 57.4 Å². The molecule has 102 heavy (non-hydrogen) atoms. The summed E-state index contributed by atoms with van der Waals surface area (Å²) < 4.78 is 55.5. The molecular weight excluding hydrogens is 1390 g/mol. The van der Waals surface area contributed by atoms with E-state index in [4.69, 9.17) is 0 Å². The van der Waals surface area contributed by atoms with E-state index in [-0.39, 0.29) is 75.0 Å². The van der Waals surface area contributed by atoms with Gasteiger partial charge in [0.05, 0.1) is 12.1 Å². The summed E-state index contributed by atoms with van der Waals surface area (Å²) >= 11 is 2.23. The molecule has 30 heteroatoms. The maximum atomic E-state index is 14.5. The Balaban J connectivity index is 0.000000286. The minimum absolute atomic E-state index is 0.00240. The zero-order valence-corrected chi connectivity index (χ0v) is 66.1. The Morgan fingerprint density at radius 1 is 0.578 bits per heavy atom. The van der Waals surface area contributed by atoms with Crippen LogP contribution >= 0.6 is 22.7 Å². The quantitative estimate of drug-likeness (QED) is 0.0317. The van der Waals surface area contributed by atoms with Crippen molar-refractivity contribution in [2.75, 3.05) is 53.4 Å². The van der Waals surface area contributed by atoms with Crippen LogP contribution in [0.15, 0.2) is 68.8 Å². The first-order valence-corrected chi connectivity index (χ1v) is 40.0. The third-order valence-corrected chi connectivity index (χ3v) is 27.8. The van der Waals surface area contributed by atoms with Gasteiger partial charge >= 0.3 is 12.1 Å². The topological polar surface area (TPSA) is 351 Å². The van der Waals surface area contributed by atoms with E-state index in [0.717, 1.165) is 48.4 Å². The zero-order valence-electron chi connectivity index (χ0n) is 62.9. The molecule has 4 saturated carbocycles. The summed E-state index contributed by atoms with van der Waals surface area (Å²) in [5, 5.41) is 36.8. The van der Waals surface area contributed by atoms with Crippen molar-refractivity contribution in [2.24, 2.45) is 68.0 Å². The fourth-order valence-electron chi connectivity index (χ4n) is 14.1. The highest BCUT2D eigenvalue weighted by molar-refractivity contribution is 7.91. The standard InChI is InChI=1S/C36H58N6O7S2.C36H56N6O7S2/c2*1-11-16-37-31(45)28(43)23(18-21-14-15-21)38-30(44)27-26-22(36(26,8)9)19-42(27)32(46)29(35(5,6)7)40-33(47)39-24(34(2,3)4)20-41(10)51(48,49)25-13-12-17-50-25/h11-13,17,21-24,26-29,43H,1,14-16,18-20H2,2-10H3,(H,37,45)(H,38,44)(H2,39,40,47);11-13,17,21-24,26-27,29H,1,14-16,18-20H2,2-10H3,(H,37,45)(H,38,44)(H2,39,40,47)/t22-,23?,24+,26-,27-,28?,29+;22-,23?,24+,26-,27-,29+/m00/s1. The number of amides is 10. The van der Waals surface area contributed by atoms with Crippen LogP contribution in [0.25, 0.3) is 0 Å². The number of urea groups is 2. The number of carbonyl (C=O) groups is 9. The summed E-state index contributed by atoms with van der Waals surface area (Å²) in [6.07, 6.45) is 6.03. The molecule has 6 aliphatic rings. The second-order valence-electron chi connectivity index (χ2n) is 34.3. The van der Waals surface area contributed by atoms with Crippen molar-refractivity contribution in [3.63, 3.8) is 0 Å². The molecule has 0 aromatic carbocycles. The van der Waals surface area contributed by atoms with E-state index >= 15 is 0 Å². The largest absolute Gasteiger partial charge is 0.381 e. The van der Waals surface area contributed by atoms with E-state index < -0.39 is 149 Å². The highest BCUT2D eigenvalue weighted by atomic mass is 32.3. The van der Waals surface area contributed by atoms with Gasteiger partial charge in [-0.05, 0) is 104 Å². The van der Waals surface area contributed by atoms with Crippen LogP contribution in [0.5, 0.6) is 0 Å². The maximum absolute atomic E-state index is 14.5. The van der Waals surface area contributed by atoms with Gasteiger partial charge in [0.25, 0.3) is 31.9 Å². The van der Waals surface area contributed by atoms with E-state index in [2.05, 4.69) is 83.4 Å². The highest BCUT2D eigenvalue weighted by Gasteiger charge is 2.71. The fraction of sp³-hybridized carbons (Fsp3) is 0.708. The molecule has 4 heterocycles. The molecule has 2 aromatic rings. The molecule has 2 aromatic heterocycles. The lowest BCUT2D eigenvalue weighted by molar-refractivity contribution is -0.145. The van der Waals surface area contributed by atoms with E-state index in [0.29, 0.717) is 31.8 Å². The Labute approximate surface area is 612 Å². The number of likely N-dealkylation sites (N-methyl/N-ethyl adjacent to an activating group) is 2. The first kappa shape index (κ1) is 83.0. The van der Waals surface area contributed by atoms with Crippen molar-refractivity contribution in [2.45, 2.75) is 212 Å². The molecule has 26 nitrogen and oxygen atoms in total. The number of aliphatic hydroxyl groups excluding tert-OH is 1. The molecule has 0 bridgehead atoms. The molecule has 2 saturated heterocycles. The lowest BCUT2D eigenvalue weighted by atomic mass is 9.85. The molecule has 0 radical (unpaired) electrons. The first-order chi connectivity index (χ1) is 47.0. The Kier molecular flexibility index (Phi) is 25.9. The summed E-state index contributed by atoms with van der Waals surface area (Å²) in [6, 6.07) is -1.79. The van der Waals surface area contributed by atoms with E-state index in [1.54, 1.807) is 27.8 Å². The zero-order chi connectivity index (χ0) is 76.5. The molecule has 8 rings (SSSR count). The van der Waals surface area contributed by atoms with E-state index in [9.17, 15) is 65.1 Å². The van der Waals surface area contributed by atoms with Gasteiger partial charge in [-0.25, -0.2) is 26.4 Å². The van der Waals surface area contributed by atoms with Gasteiger partial charge in [-0.3, -0.25) is 33.6 Å². The number of likely N-dealkylation sites (tertiary alicyclic amines) is 2. The van der Waals surface area contributed by atoms with Crippen LogP contribution in [-0.2, 0) is 53.6 Å². The number of thiophene rings is 2. The molecule has 10 amide bonds. The fourth-order valence-corrected chi connectivity index (χ4v) is 18.9. The average Bonchev–Trinajstić information content (AvgIpc) is 1.53. The van der Waals surface area contributed by atoms with Crippen LogP contribution in [0.4, 0.5) is 9.59 Å². The number of hydrogen-bond donors (Lipinski definition) is 9. The highest BCUT2D eigenvalue weighted by Crippen LogP contribution is 2.66. The predicted molar refractivity (Wildman–Crippen MR) is 393 cm³/mol. The van der Waals surface area contributed by atoms with Crippen LogP contribution in [0.2, 0.25) is 0 Å². The average molecular weight is 1500 g/mol. The van der Waals surface area contributed by atoms with Crippen LogP contribution < -0.4 is 42.5 Å². The van der Waals surface area contributed by atoms with Gasteiger partial charge in [0.15, 0.2) is 6.10 Å². The number of ketones is 1. The third-order valence-electron chi connectivity index (χ3n) is 21.4. The number of rotatable bonds is 30. The van der Waals surface area contributed by atoms with E-state index in [1.807, 2.05) is 83.1 Å². The Bertz CT molecular complexity index is 3640. The summed E-state index contributed by atoms with van der Waals surface area (Å²) in [6.45, 7) is 38.6. The monoisotopic (exact) mass is 1500 g/mol. The number of Topliss-reactive ketones (excluding diaryl/α,β-unsaturated/α-hetero) is 1. The number of aliphatic hydroxyl groups is 1. The van der Waals surface area contributed by atoms with Crippen molar-refractivity contribution in [3.8, 4) is 0 Å². The Morgan fingerprint density at radius 3 is 1.31 bits per heavy atom. The number of fused-ring (bicyclic) bond motifs is 2. The lowest BCUT2D eigenvalue weighted by Crippen LogP contribution is -2.63. The van der Waals surface area contributed by atoms with Crippen molar-refractivity contribution in [1.82, 2.24) is 60.9 Å². The van der Waals surface area contributed by atoms with Gasteiger partial charge in [-0.2, -0.15) is 8.61 Å². The van der Waals surface area contributed by atoms with Crippen molar-refractivity contribution in [1.29, 1.82) is 0 Å². The molecule has 0 spiro atoms. The predicted octanol–water partition coefficient (Wildman–Crippen LogP) is 6.06. The number of nitrogens with zero attached hydrogens (tertiary/aromatic N) is 4. The van der Waals surface area contributed by atoms with Crippen LogP contribution in [-0.4, -0.2) is 201 Å². The third kappa shape index (κ3) is 19.8. The van der Waals surface area contributed by atoms with Crippen LogP contribution in [0, 0.1) is 68.0 Å². The van der Waals surface area contributed by atoms with Crippen molar-refractivity contribution >= 4 is 96.0 Å². The van der Waals surface area contributed by atoms with Gasteiger partial charge in [0.1, 0.15) is 32.6 Å². The molecule has 6 fully saturated rings. The Hall–Kier alpha value is -6.31. The van der Waals surface area contributed by atoms with Gasteiger partial charge in [-0.1, -0.05) is 161 Å². The van der Waals surface area contributed by atoms with Gasteiger partial charge in [0.2, 0.25) is 29.4 Å². The van der Waals surface area contributed by atoms with Crippen LogP contribution in [0.3, 0.4) is 0 Å². The number of sulfonamides is 2. The molecule has 9 N–H and O–H groups in total. The summed E-state index contributed by atoms with van der Waals surface area (Å²) in [4.78, 5) is 126. The minimum atomic E-state index is -3.78. The molecule has 4 aliphatic carbocycles. The number of carbonyl (C=O) groups excluding carboxylic acids is 9. The maximum Gasteiger partial charge on any atom is 0.315 e. The summed E-state index contributed by atoms with van der Waals surface area (Å²) in [5.74, 6) is -3.52. The van der Waals surface area contributed by atoms with Crippen LogP contribution in [0.1, 0.15) is 149 Å². The normalized spacial score (nSPS) is 23.4. The SMILES string of the molecule is C=CCNC(=O)C(=O)C(CC1CC1)NC(=O)[C@@H]1[C@@H]2[C@H](CN1C(=O)[C@@H](NC(=O)N[C@H](CN(C)S(=O)(=O)c1cccs1)C(C)(C)C)C(C)(C)C)C2(C)C.C=CCNC(=O)C(O)C(CC1CC1)NC(=O)[C@@H]1[C@@H]2[C@H](CN1C(=O)[C@@H](NC(=O)N[C@H](CN(C)S(=O)(=O)c1cccs1)C(C)(C)C)C(C)(C)C)C2(C)C. The molecule has 3 unspecified atom stereocenters. The smallest absolute Gasteiger partial charge is 0.315 e. The molecule has 13 atom stereocenters. The first-order valence-electron chi connectivity index (χ1n) is 35.4. The molecule has 570 valence electrons. The second-order valence-corrected chi connectivity index (χ2v) is 40.7. The second kappa shape index (κ2) is 31.8. The van der Waals surface area contributed by atoms with Gasteiger partial charge in [-0.15, -0.1) is 35.8 Å². The summed E-state index contributed by atoms with van der Waals surface area (Å²) in [5.41, 5.74) is -3.05. The van der Waals surface area contributed by atoms with Crippen molar-refractivity contribution in [3.05, 3.63) is 60.3 Å². The summed E-state index contributed by atoms with van der Waals surface area (Å²) in [7, 11) is -4.60. The minimum Gasteiger partial charge on any atom is -0.381 e. The van der Waals surface area contributed by atoms with Gasteiger partial charge in [0, 0.05) is 65.4 Å². The number of hydrogen-bond acceptors (Lipinski definition) is 16. The number of nitrogens with one attached hydrogen (secondary N) is 8. The van der Waals surface area contributed by atoms with Crippen molar-refractivity contribution < 1.29 is 65.1 Å². The van der Waals surface area contributed by atoms with E-state index in [1.165, 1.54) is 51.9 Å².